The Morgan fingerprint density at radius 2 is 1.77 bits per heavy atom. The van der Waals surface area contributed by atoms with Gasteiger partial charge in [-0.2, -0.15) is 0 Å². The summed E-state index contributed by atoms with van der Waals surface area (Å²) in [6, 6.07) is 19.6. The molecule has 0 saturated heterocycles. The number of amides is 2. The van der Waals surface area contributed by atoms with E-state index >= 15 is 0 Å². The summed E-state index contributed by atoms with van der Waals surface area (Å²) in [5.74, 6) is -0.248. The van der Waals surface area contributed by atoms with Crippen molar-refractivity contribution < 1.29 is 14.3 Å². The van der Waals surface area contributed by atoms with Crippen molar-refractivity contribution in [2.75, 3.05) is 33.7 Å². The van der Waals surface area contributed by atoms with Crippen molar-refractivity contribution in [3.8, 4) is 0 Å². The number of benzene rings is 2. The van der Waals surface area contributed by atoms with E-state index in [-0.39, 0.29) is 12.0 Å². The zero-order chi connectivity index (χ0) is 21.8. The van der Waals surface area contributed by atoms with E-state index in [0.717, 1.165) is 28.8 Å². The number of hydrogen-bond donors (Lipinski definition) is 1. The highest BCUT2D eigenvalue weighted by molar-refractivity contribution is 5.94. The number of nitrogens with zero attached hydrogens (tertiary/aromatic N) is 2. The quantitative estimate of drug-likeness (QED) is 0.730. The zero-order valence-electron chi connectivity index (χ0n) is 18.1. The number of cyclic esters (lactones) is 1. The average molecular weight is 420 g/mol. The van der Waals surface area contributed by atoms with Gasteiger partial charge in [0.2, 0.25) is 0 Å². The normalized spacial score (nSPS) is 20.6. The summed E-state index contributed by atoms with van der Waals surface area (Å²) < 4.78 is 6.09. The fraction of sp³-hybridized carbons (Fsp3) is 0.360. The van der Waals surface area contributed by atoms with E-state index in [4.69, 9.17) is 4.74 Å². The maximum absolute atomic E-state index is 12.9. The second-order valence-electron chi connectivity index (χ2n) is 8.41. The molecule has 6 nitrogen and oxygen atoms in total. The van der Waals surface area contributed by atoms with E-state index in [9.17, 15) is 9.59 Å². The molecular weight excluding hydrogens is 390 g/mol. The van der Waals surface area contributed by atoms with E-state index in [0.29, 0.717) is 32.5 Å². The Bertz CT molecular complexity index is 972. The van der Waals surface area contributed by atoms with Crippen LogP contribution in [0.5, 0.6) is 0 Å². The Labute approximate surface area is 183 Å². The molecule has 0 aliphatic carbocycles. The lowest BCUT2D eigenvalue weighted by Gasteiger charge is -2.36. The summed E-state index contributed by atoms with van der Waals surface area (Å²) in [5.41, 5.74) is 2.84. The van der Waals surface area contributed by atoms with E-state index < -0.39 is 5.60 Å². The Balaban J connectivity index is 1.57. The van der Waals surface area contributed by atoms with Crippen LogP contribution < -0.4 is 5.32 Å². The summed E-state index contributed by atoms with van der Waals surface area (Å²) in [7, 11) is 4.02. The second kappa shape index (κ2) is 8.94. The van der Waals surface area contributed by atoms with Crippen molar-refractivity contribution in [2.45, 2.75) is 25.0 Å². The van der Waals surface area contributed by atoms with E-state index in [2.05, 4.69) is 10.2 Å². The molecule has 0 saturated carbocycles. The second-order valence-corrected chi connectivity index (χ2v) is 8.41. The van der Waals surface area contributed by atoms with Gasteiger partial charge in [0.1, 0.15) is 0 Å². The Hall–Kier alpha value is -3.12. The Kier molecular flexibility index (Phi) is 6.09. The number of carbonyl (C=O) groups excluding carboxylic acids is 2. The first-order chi connectivity index (χ1) is 15.0. The average Bonchev–Trinajstić information content (AvgIpc) is 3.09. The summed E-state index contributed by atoms with van der Waals surface area (Å²) in [6.45, 7) is 2.14. The molecule has 1 N–H and O–H groups in total. The standard InChI is InChI=1S/C25H29N3O3/c1-27(2)16-14-25(20-11-7-4-8-12-20)22-18-28(15-13-21(22)23(29)31-25)24(30)26-17-19-9-5-3-6-10-19/h3-12H,13-18H2,1-2H3,(H,26,30). The van der Waals surface area contributed by atoms with Crippen molar-refractivity contribution in [1.29, 1.82) is 0 Å². The van der Waals surface area contributed by atoms with Crippen LogP contribution in [0.3, 0.4) is 0 Å². The molecule has 0 bridgehead atoms. The summed E-state index contributed by atoms with van der Waals surface area (Å²) >= 11 is 0. The van der Waals surface area contributed by atoms with Crippen LogP contribution in [-0.2, 0) is 21.7 Å². The molecule has 2 aliphatic rings. The molecular formula is C25H29N3O3. The molecule has 1 atom stereocenters. The number of hydrogen-bond acceptors (Lipinski definition) is 4. The maximum Gasteiger partial charge on any atom is 0.335 e. The first-order valence-electron chi connectivity index (χ1n) is 10.7. The van der Waals surface area contributed by atoms with Crippen LogP contribution in [0.1, 0.15) is 24.0 Å². The van der Waals surface area contributed by atoms with Crippen LogP contribution in [0.25, 0.3) is 0 Å². The van der Waals surface area contributed by atoms with Crippen molar-refractivity contribution in [3.05, 3.63) is 82.9 Å². The minimum atomic E-state index is -0.823. The van der Waals surface area contributed by atoms with Crippen molar-refractivity contribution in [2.24, 2.45) is 0 Å². The first kappa shape index (κ1) is 21.1. The lowest BCUT2D eigenvalue weighted by molar-refractivity contribution is -0.148. The van der Waals surface area contributed by atoms with Crippen LogP contribution in [0, 0.1) is 0 Å². The largest absolute Gasteiger partial charge is 0.446 e. The summed E-state index contributed by atoms with van der Waals surface area (Å²) in [5, 5.41) is 3.01. The molecule has 2 aromatic carbocycles. The lowest BCUT2D eigenvalue weighted by Crippen LogP contribution is -2.46. The zero-order valence-corrected chi connectivity index (χ0v) is 18.1. The fourth-order valence-electron chi connectivity index (χ4n) is 4.37. The molecule has 4 rings (SSSR count). The molecule has 2 aromatic rings. The number of urea groups is 1. The molecule has 0 fully saturated rings. The van der Waals surface area contributed by atoms with E-state index in [1.165, 1.54) is 0 Å². The molecule has 2 amide bonds. The topological polar surface area (TPSA) is 61.9 Å². The first-order valence-corrected chi connectivity index (χ1v) is 10.7. The number of rotatable bonds is 6. The van der Waals surface area contributed by atoms with Gasteiger partial charge in [-0.3, -0.25) is 0 Å². The smallest absolute Gasteiger partial charge is 0.335 e. The van der Waals surface area contributed by atoms with Crippen LogP contribution in [0.15, 0.2) is 71.8 Å². The fourth-order valence-corrected chi connectivity index (χ4v) is 4.37. The minimum absolute atomic E-state index is 0.121. The molecule has 1 unspecified atom stereocenters. The van der Waals surface area contributed by atoms with Gasteiger partial charge in [-0.05, 0) is 31.6 Å². The number of ether oxygens (including phenoxy) is 1. The molecule has 6 heteroatoms. The van der Waals surface area contributed by atoms with Crippen molar-refractivity contribution in [3.63, 3.8) is 0 Å². The van der Waals surface area contributed by atoms with Gasteiger partial charge in [-0.15, -0.1) is 0 Å². The van der Waals surface area contributed by atoms with Gasteiger partial charge in [0.05, 0.1) is 0 Å². The predicted octanol–water partition coefficient (Wildman–Crippen LogP) is 3.30. The highest BCUT2D eigenvalue weighted by Gasteiger charge is 2.50. The highest BCUT2D eigenvalue weighted by atomic mass is 16.6. The van der Waals surface area contributed by atoms with Gasteiger partial charge in [0.15, 0.2) is 5.60 Å². The third-order valence-corrected chi connectivity index (χ3v) is 6.07. The Morgan fingerprint density at radius 1 is 1.10 bits per heavy atom. The minimum Gasteiger partial charge on any atom is -0.446 e. The molecule has 0 spiro atoms. The maximum atomic E-state index is 12.9. The van der Waals surface area contributed by atoms with Gasteiger partial charge >= 0.3 is 12.0 Å². The third kappa shape index (κ3) is 4.35. The molecule has 31 heavy (non-hydrogen) atoms. The van der Waals surface area contributed by atoms with Crippen LogP contribution in [0.2, 0.25) is 0 Å². The molecule has 0 aromatic heterocycles. The predicted molar refractivity (Wildman–Crippen MR) is 119 cm³/mol. The van der Waals surface area contributed by atoms with Gasteiger partial charge in [-0.25, -0.2) is 9.59 Å². The third-order valence-electron chi connectivity index (χ3n) is 6.07. The van der Waals surface area contributed by atoms with Gasteiger partial charge in [-0.1, -0.05) is 60.7 Å². The molecule has 2 heterocycles. The van der Waals surface area contributed by atoms with Crippen molar-refractivity contribution in [1.82, 2.24) is 15.1 Å². The monoisotopic (exact) mass is 419 g/mol. The number of carbonyl (C=O) groups is 2. The van der Waals surface area contributed by atoms with Gasteiger partial charge < -0.3 is 19.9 Å². The van der Waals surface area contributed by atoms with Crippen molar-refractivity contribution >= 4 is 12.0 Å². The number of nitrogens with one attached hydrogen (secondary N) is 1. The van der Waals surface area contributed by atoms with Gasteiger partial charge in [0.25, 0.3) is 0 Å². The molecule has 0 radical (unpaired) electrons. The van der Waals surface area contributed by atoms with E-state index in [1.807, 2.05) is 74.8 Å². The molecule has 2 aliphatic heterocycles. The van der Waals surface area contributed by atoms with E-state index in [1.54, 1.807) is 4.90 Å². The SMILES string of the molecule is CN(C)CCC1(c2ccccc2)OC(=O)C2=C1CN(C(=O)NCc1ccccc1)CC2. The summed E-state index contributed by atoms with van der Waals surface area (Å²) in [4.78, 5) is 29.6. The van der Waals surface area contributed by atoms with Crippen LogP contribution >= 0.6 is 0 Å². The Morgan fingerprint density at radius 3 is 2.45 bits per heavy atom. The molecule has 162 valence electrons. The van der Waals surface area contributed by atoms with Crippen LogP contribution in [0.4, 0.5) is 4.79 Å². The lowest BCUT2D eigenvalue weighted by atomic mass is 9.80. The van der Waals surface area contributed by atoms with Gasteiger partial charge in [0, 0.05) is 43.7 Å². The van der Waals surface area contributed by atoms with Crippen LogP contribution in [-0.4, -0.2) is 55.5 Å². The summed E-state index contributed by atoms with van der Waals surface area (Å²) in [6.07, 6.45) is 1.16. The highest BCUT2D eigenvalue weighted by Crippen LogP contribution is 2.46. The number of esters is 1.